The summed E-state index contributed by atoms with van der Waals surface area (Å²) in [6, 6.07) is 12.7. The lowest BCUT2D eigenvalue weighted by molar-refractivity contribution is -0.0157. The Morgan fingerprint density at radius 1 is 1.12 bits per heavy atom. The Balaban J connectivity index is 1.83. The largest absolute Gasteiger partial charge is 0.456 e. The van der Waals surface area contributed by atoms with Crippen molar-refractivity contribution in [2.24, 2.45) is 0 Å². The zero-order valence-electron chi connectivity index (χ0n) is 13.8. The van der Waals surface area contributed by atoms with Crippen molar-refractivity contribution in [1.82, 2.24) is 14.8 Å². The molecule has 1 aromatic heterocycles. The lowest BCUT2D eigenvalue weighted by Crippen LogP contribution is -2.30. The second kappa shape index (κ2) is 7.44. The molecule has 5 nitrogen and oxygen atoms in total. The standard InChI is InChI=1S/C18H17Cl2N3O2/c1-18(24-2,10-23-12-21-11-22-23)13-3-8-17(16(20)9-13)25-15-6-4-14(19)5-7-15/h3-9,11-12H,10H2,1-2H3. The molecule has 0 radical (unpaired) electrons. The lowest BCUT2D eigenvalue weighted by Gasteiger charge is -2.29. The number of ether oxygens (including phenoxy) is 2. The minimum Gasteiger partial charge on any atom is -0.456 e. The molecule has 0 N–H and O–H groups in total. The smallest absolute Gasteiger partial charge is 0.146 e. The molecule has 3 rings (SSSR count). The van der Waals surface area contributed by atoms with Crippen LogP contribution in [-0.2, 0) is 16.9 Å². The number of aromatic nitrogens is 3. The molecular formula is C18H17Cl2N3O2. The maximum atomic E-state index is 6.41. The molecule has 0 bridgehead atoms. The van der Waals surface area contributed by atoms with E-state index < -0.39 is 5.60 Å². The van der Waals surface area contributed by atoms with Crippen LogP contribution in [0.1, 0.15) is 12.5 Å². The summed E-state index contributed by atoms with van der Waals surface area (Å²) in [4.78, 5) is 3.96. The maximum absolute atomic E-state index is 6.41. The summed E-state index contributed by atoms with van der Waals surface area (Å²) in [5.41, 5.74) is 0.315. The molecule has 0 amide bonds. The first-order valence-electron chi connectivity index (χ1n) is 7.61. The molecule has 1 unspecified atom stereocenters. The predicted molar refractivity (Wildman–Crippen MR) is 97.4 cm³/mol. The van der Waals surface area contributed by atoms with Gasteiger partial charge in [-0.3, -0.25) is 0 Å². The first kappa shape index (κ1) is 17.7. The van der Waals surface area contributed by atoms with Crippen LogP contribution < -0.4 is 4.74 Å². The van der Waals surface area contributed by atoms with Crippen molar-refractivity contribution >= 4 is 23.2 Å². The van der Waals surface area contributed by atoms with Gasteiger partial charge in [0.15, 0.2) is 0 Å². The summed E-state index contributed by atoms with van der Waals surface area (Å²) in [6.07, 6.45) is 3.14. The van der Waals surface area contributed by atoms with E-state index in [0.29, 0.717) is 28.1 Å². The Labute approximate surface area is 156 Å². The second-order valence-electron chi connectivity index (χ2n) is 5.73. The van der Waals surface area contributed by atoms with Gasteiger partial charge in [-0.25, -0.2) is 9.67 Å². The van der Waals surface area contributed by atoms with E-state index in [9.17, 15) is 0 Å². The van der Waals surface area contributed by atoms with Crippen LogP contribution in [-0.4, -0.2) is 21.9 Å². The van der Waals surface area contributed by atoms with Crippen LogP contribution >= 0.6 is 23.2 Å². The maximum Gasteiger partial charge on any atom is 0.146 e. The number of hydrogen-bond donors (Lipinski definition) is 0. The molecule has 1 atom stereocenters. The number of rotatable bonds is 6. The molecular weight excluding hydrogens is 361 g/mol. The minimum absolute atomic E-state index is 0.495. The molecule has 0 spiro atoms. The molecule has 2 aromatic carbocycles. The Morgan fingerprint density at radius 3 is 2.48 bits per heavy atom. The zero-order chi connectivity index (χ0) is 17.9. The van der Waals surface area contributed by atoms with Crippen molar-refractivity contribution in [3.05, 3.63) is 70.7 Å². The minimum atomic E-state index is -0.601. The third kappa shape index (κ3) is 4.12. The Bertz CT molecular complexity index is 838. The molecule has 130 valence electrons. The molecule has 0 aliphatic heterocycles. The molecule has 0 aliphatic carbocycles. The Hall–Kier alpha value is -2.08. The molecule has 0 saturated heterocycles. The van der Waals surface area contributed by atoms with Crippen molar-refractivity contribution in [3.63, 3.8) is 0 Å². The van der Waals surface area contributed by atoms with Crippen LogP contribution in [0.15, 0.2) is 55.1 Å². The highest BCUT2D eigenvalue weighted by Gasteiger charge is 2.28. The highest BCUT2D eigenvalue weighted by Crippen LogP contribution is 2.35. The third-order valence-electron chi connectivity index (χ3n) is 3.96. The van der Waals surface area contributed by atoms with Crippen LogP contribution in [0.4, 0.5) is 0 Å². The monoisotopic (exact) mass is 377 g/mol. The normalized spacial score (nSPS) is 13.4. The van der Waals surface area contributed by atoms with Crippen molar-refractivity contribution in [2.45, 2.75) is 19.1 Å². The average Bonchev–Trinajstić information content (AvgIpc) is 3.11. The van der Waals surface area contributed by atoms with Crippen LogP contribution in [0, 0.1) is 0 Å². The molecule has 0 saturated carbocycles. The van der Waals surface area contributed by atoms with Gasteiger partial charge < -0.3 is 9.47 Å². The molecule has 3 aromatic rings. The average molecular weight is 378 g/mol. The third-order valence-corrected chi connectivity index (χ3v) is 4.51. The van der Waals surface area contributed by atoms with E-state index in [0.717, 1.165) is 5.56 Å². The Morgan fingerprint density at radius 2 is 1.88 bits per heavy atom. The molecule has 0 aliphatic rings. The summed E-state index contributed by atoms with van der Waals surface area (Å²) in [6.45, 7) is 2.48. The van der Waals surface area contributed by atoms with Gasteiger partial charge in [0.2, 0.25) is 0 Å². The number of halogens is 2. The van der Waals surface area contributed by atoms with E-state index in [1.165, 1.54) is 6.33 Å². The second-order valence-corrected chi connectivity index (χ2v) is 6.57. The van der Waals surface area contributed by atoms with E-state index in [1.54, 1.807) is 42.4 Å². The highest BCUT2D eigenvalue weighted by molar-refractivity contribution is 6.32. The first-order chi connectivity index (χ1) is 12.0. The van der Waals surface area contributed by atoms with E-state index in [4.69, 9.17) is 32.7 Å². The first-order valence-corrected chi connectivity index (χ1v) is 8.37. The van der Waals surface area contributed by atoms with Crippen LogP contribution in [0.3, 0.4) is 0 Å². The predicted octanol–water partition coefficient (Wildman–Crippen LogP) is 4.94. The van der Waals surface area contributed by atoms with Gasteiger partial charge >= 0.3 is 0 Å². The van der Waals surface area contributed by atoms with Gasteiger partial charge in [-0.15, -0.1) is 0 Å². The van der Waals surface area contributed by atoms with Gasteiger partial charge in [0.25, 0.3) is 0 Å². The van der Waals surface area contributed by atoms with Crippen LogP contribution in [0.2, 0.25) is 10.0 Å². The van der Waals surface area contributed by atoms with Gasteiger partial charge in [0, 0.05) is 12.1 Å². The number of nitrogens with zero attached hydrogens (tertiary/aromatic N) is 3. The molecule has 25 heavy (non-hydrogen) atoms. The van der Waals surface area contributed by atoms with Gasteiger partial charge in [0.1, 0.15) is 29.8 Å². The quantitative estimate of drug-likeness (QED) is 0.610. The van der Waals surface area contributed by atoms with Crippen molar-refractivity contribution in [3.8, 4) is 11.5 Å². The molecule has 7 heteroatoms. The van der Waals surface area contributed by atoms with Gasteiger partial charge in [-0.05, 0) is 48.9 Å². The van der Waals surface area contributed by atoms with Gasteiger partial charge in [-0.2, -0.15) is 5.10 Å². The molecule has 1 heterocycles. The number of benzene rings is 2. The summed E-state index contributed by atoms with van der Waals surface area (Å²) in [7, 11) is 1.66. The van der Waals surface area contributed by atoms with Gasteiger partial charge in [-0.1, -0.05) is 29.3 Å². The van der Waals surface area contributed by atoms with Crippen molar-refractivity contribution < 1.29 is 9.47 Å². The summed E-state index contributed by atoms with van der Waals surface area (Å²) >= 11 is 12.3. The zero-order valence-corrected chi connectivity index (χ0v) is 15.3. The van der Waals surface area contributed by atoms with Crippen LogP contribution in [0.25, 0.3) is 0 Å². The van der Waals surface area contributed by atoms with Crippen molar-refractivity contribution in [1.29, 1.82) is 0 Å². The molecule has 0 fully saturated rings. The Kier molecular flexibility index (Phi) is 5.27. The lowest BCUT2D eigenvalue weighted by atomic mass is 9.95. The van der Waals surface area contributed by atoms with E-state index >= 15 is 0 Å². The fourth-order valence-corrected chi connectivity index (χ4v) is 2.78. The summed E-state index contributed by atoms with van der Waals surface area (Å²) in [5.74, 6) is 1.23. The summed E-state index contributed by atoms with van der Waals surface area (Å²) < 4.78 is 13.3. The highest BCUT2D eigenvalue weighted by atomic mass is 35.5. The topological polar surface area (TPSA) is 49.2 Å². The van der Waals surface area contributed by atoms with Crippen LogP contribution in [0.5, 0.6) is 11.5 Å². The number of methoxy groups -OCH3 is 1. The van der Waals surface area contributed by atoms with E-state index in [2.05, 4.69) is 10.1 Å². The fraction of sp³-hybridized carbons (Fsp3) is 0.222. The van der Waals surface area contributed by atoms with E-state index in [-0.39, 0.29) is 0 Å². The SMILES string of the molecule is COC(C)(Cn1cncn1)c1ccc(Oc2ccc(Cl)cc2)c(Cl)c1. The summed E-state index contributed by atoms with van der Waals surface area (Å²) in [5, 5.41) is 5.28. The number of hydrogen-bond acceptors (Lipinski definition) is 4. The van der Waals surface area contributed by atoms with E-state index in [1.807, 2.05) is 25.1 Å². The van der Waals surface area contributed by atoms with Crippen molar-refractivity contribution in [2.75, 3.05) is 7.11 Å². The van der Waals surface area contributed by atoms with Gasteiger partial charge in [0.05, 0.1) is 11.6 Å². The fourth-order valence-electron chi connectivity index (χ4n) is 2.44.